The number of aryl methyl sites for hydroxylation is 3. The Morgan fingerprint density at radius 2 is 1.82 bits per heavy atom. The minimum Gasteiger partial charge on any atom is -0.497 e. The molecule has 22 heavy (non-hydrogen) atoms. The molecule has 0 amide bonds. The predicted molar refractivity (Wildman–Crippen MR) is 86.8 cm³/mol. The summed E-state index contributed by atoms with van der Waals surface area (Å²) >= 11 is 0. The van der Waals surface area contributed by atoms with Crippen molar-refractivity contribution in [3.8, 4) is 17.0 Å². The fourth-order valence-electron chi connectivity index (χ4n) is 2.80. The van der Waals surface area contributed by atoms with Gasteiger partial charge in [0, 0.05) is 11.8 Å². The van der Waals surface area contributed by atoms with Crippen LogP contribution in [0.1, 0.15) is 16.7 Å². The molecule has 0 saturated heterocycles. The molecule has 5 nitrogen and oxygen atoms in total. The fourth-order valence-corrected chi connectivity index (χ4v) is 2.80. The quantitative estimate of drug-likeness (QED) is 0.676. The van der Waals surface area contributed by atoms with E-state index in [0.29, 0.717) is 11.5 Å². The summed E-state index contributed by atoms with van der Waals surface area (Å²) in [5, 5.41) is 3.21. The van der Waals surface area contributed by atoms with Crippen LogP contribution in [0.25, 0.3) is 16.9 Å². The Morgan fingerprint density at radius 1 is 1.14 bits per heavy atom. The van der Waals surface area contributed by atoms with Gasteiger partial charge in [0.25, 0.3) is 0 Å². The fraction of sp³-hybridized carbons (Fsp3) is 0.235. The zero-order valence-corrected chi connectivity index (χ0v) is 13.0. The van der Waals surface area contributed by atoms with Gasteiger partial charge in [-0.05, 0) is 66.9 Å². The van der Waals surface area contributed by atoms with Crippen molar-refractivity contribution in [3.05, 3.63) is 52.1 Å². The zero-order valence-electron chi connectivity index (χ0n) is 13.0. The van der Waals surface area contributed by atoms with E-state index in [1.165, 1.54) is 0 Å². The first-order valence-corrected chi connectivity index (χ1v) is 7.03. The second-order valence-electron chi connectivity index (χ2n) is 5.44. The summed E-state index contributed by atoms with van der Waals surface area (Å²) in [7, 11) is 1.64. The van der Waals surface area contributed by atoms with Crippen molar-refractivity contribution in [1.82, 2.24) is 9.38 Å². The Bertz CT molecular complexity index is 858. The number of aromatic nitrogens is 2. The Balaban J connectivity index is 2.33. The highest BCUT2D eigenvalue weighted by Crippen LogP contribution is 2.36. The lowest BCUT2D eigenvalue weighted by molar-refractivity contribution is 0.414. The maximum atomic E-state index is 11.4. The SMILES string of the molecule is COc1cc(C)c(-c2nc3cc(C)ccn3c2N=O)c(C)c1. The van der Waals surface area contributed by atoms with Crippen LogP contribution in [0.3, 0.4) is 0 Å². The Kier molecular flexibility index (Phi) is 3.41. The maximum Gasteiger partial charge on any atom is 0.209 e. The first-order chi connectivity index (χ1) is 10.5. The van der Waals surface area contributed by atoms with Crippen LogP contribution in [0.4, 0.5) is 5.82 Å². The summed E-state index contributed by atoms with van der Waals surface area (Å²) < 4.78 is 7.01. The number of nitrogens with zero attached hydrogens (tertiary/aromatic N) is 3. The first kappa shape index (κ1) is 14.3. The number of benzene rings is 1. The van der Waals surface area contributed by atoms with E-state index in [2.05, 4.69) is 10.2 Å². The number of hydrogen-bond donors (Lipinski definition) is 0. The standard InChI is InChI=1S/C17H17N3O2/c1-10-5-6-20-14(7-10)18-16(17(20)19-21)15-11(2)8-13(22-4)9-12(15)3/h5-9H,1-4H3. The monoisotopic (exact) mass is 295 g/mol. The lowest BCUT2D eigenvalue weighted by Crippen LogP contribution is -1.92. The molecule has 0 saturated carbocycles. The normalized spacial score (nSPS) is 10.9. The van der Waals surface area contributed by atoms with E-state index in [0.717, 1.165) is 33.7 Å². The minimum atomic E-state index is 0.325. The van der Waals surface area contributed by atoms with Crippen molar-refractivity contribution < 1.29 is 4.74 Å². The molecule has 0 bridgehead atoms. The van der Waals surface area contributed by atoms with Crippen molar-refractivity contribution >= 4 is 11.5 Å². The number of ether oxygens (including phenoxy) is 1. The van der Waals surface area contributed by atoms with E-state index in [4.69, 9.17) is 4.74 Å². The summed E-state index contributed by atoms with van der Waals surface area (Å²) in [6.45, 7) is 5.95. The molecule has 3 aromatic rings. The van der Waals surface area contributed by atoms with Gasteiger partial charge in [-0.15, -0.1) is 4.91 Å². The molecule has 2 aromatic heterocycles. The van der Waals surface area contributed by atoms with Crippen molar-refractivity contribution in [2.75, 3.05) is 7.11 Å². The molecule has 3 rings (SSSR count). The summed E-state index contributed by atoms with van der Waals surface area (Å²) in [5.74, 6) is 1.12. The minimum absolute atomic E-state index is 0.325. The smallest absolute Gasteiger partial charge is 0.209 e. The summed E-state index contributed by atoms with van der Waals surface area (Å²) in [6, 6.07) is 7.74. The van der Waals surface area contributed by atoms with Gasteiger partial charge < -0.3 is 4.74 Å². The third-order valence-corrected chi connectivity index (χ3v) is 3.82. The molecule has 0 spiro atoms. The van der Waals surface area contributed by atoms with E-state index >= 15 is 0 Å². The van der Waals surface area contributed by atoms with Crippen LogP contribution in [0.15, 0.2) is 35.6 Å². The molecule has 0 radical (unpaired) electrons. The number of rotatable bonds is 3. The molecular formula is C17H17N3O2. The average Bonchev–Trinajstić information content (AvgIpc) is 2.83. The molecule has 2 heterocycles. The van der Waals surface area contributed by atoms with E-state index in [1.807, 2.05) is 51.2 Å². The third-order valence-electron chi connectivity index (χ3n) is 3.82. The lowest BCUT2D eigenvalue weighted by Gasteiger charge is -2.10. The highest BCUT2D eigenvalue weighted by Gasteiger charge is 2.19. The number of methoxy groups -OCH3 is 1. The van der Waals surface area contributed by atoms with E-state index < -0.39 is 0 Å². The largest absolute Gasteiger partial charge is 0.497 e. The van der Waals surface area contributed by atoms with Crippen LogP contribution in [0.5, 0.6) is 5.75 Å². The summed E-state index contributed by atoms with van der Waals surface area (Å²) in [5.41, 5.74) is 5.35. The molecule has 0 N–H and O–H groups in total. The molecule has 0 atom stereocenters. The topological polar surface area (TPSA) is 56.0 Å². The average molecular weight is 295 g/mol. The van der Waals surface area contributed by atoms with Gasteiger partial charge in [-0.3, -0.25) is 4.40 Å². The third kappa shape index (κ3) is 2.15. The van der Waals surface area contributed by atoms with Gasteiger partial charge in [-0.25, -0.2) is 4.98 Å². The Labute approximate surface area is 128 Å². The number of pyridine rings is 1. The second kappa shape index (κ2) is 5.26. The predicted octanol–water partition coefficient (Wildman–Crippen LogP) is 4.33. The zero-order chi connectivity index (χ0) is 15.9. The lowest BCUT2D eigenvalue weighted by atomic mass is 9.99. The van der Waals surface area contributed by atoms with Crippen LogP contribution in [0, 0.1) is 25.7 Å². The maximum absolute atomic E-state index is 11.4. The van der Waals surface area contributed by atoms with Crippen molar-refractivity contribution in [1.29, 1.82) is 0 Å². The molecule has 5 heteroatoms. The Hall–Kier alpha value is -2.69. The van der Waals surface area contributed by atoms with Crippen LogP contribution in [-0.2, 0) is 0 Å². The molecule has 0 aliphatic heterocycles. The van der Waals surface area contributed by atoms with Gasteiger partial charge >= 0.3 is 0 Å². The Morgan fingerprint density at radius 3 is 2.41 bits per heavy atom. The van der Waals surface area contributed by atoms with Gasteiger partial charge in [0.15, 0.2) is 0 Å². The molecule has 0 aliphatic rings. The van der Waals surface area contributed by atoms with Gasteiger partial charge in [-0.2, -0.15) is 0 Å². The molecule has 1 aromatic carbocycles. The first-order valence-electron chi connectivity index (χ1n) is 7.03. The van der Waals surface area contributed by atoms with Gasteiger partial charge in [0.1, 0.15) is 17.1 Å². The van der Waals surface area contributed by atoms with Crippen molar-refractivity contribution in [2.24, 2.45) is 5.18 Å². The van der Waals surface area contributed by atoms with Crippen molar-refractivity contribution in [3.63, 3.8) is 0 Å². The number of fused-ring (bicyclic) bond motifs is 1. The summed E-state index contributed by atoms with van der Waals surface area (Å²) in [6.07, 6.45) is 1.83. The van der Waals surface area contributed by atoms with Gasteiger partial charge in [0.2, 0.25) is 5.82 Å². The second-order valence-corrected chi connectivity index (χ2v) is 5.44. The van der Waals surface area contributed by atoms with Crippen molar-refractivity contribution in [2.45, 2.75) is 20.8 Å². The molecular weight excluding hydrogens is 278 g/mol. The number of imidazole rings is 1. The number of hydrogen-bond acceptors (Lipinski definition) is 4. The van der Waals surface area contributed by atoms with Crippen LogP contribution in [0.2, 0.25) is 0 Å². The number of nitroso groups, excluding NO2 is 1. The summed E-state index contributed by atoms with van der Waals surface area (Å²) in [4.78, 5) is 16.0. The van der Waals surface area contributed by atoms with Crippen LogP contribution < -0.4 is 4.74 Å². The highest BCUT2D eigenvalue weighted by atomic mass is 16.5. The van der Waals surface area contributed by atoms with Gasteiger partial charge in [0.05, 0.1) is 7.11 Å². The van der Waals surface area contributed by atoms with E-state index in [9.17, 15) is 4.91 Å². The van der Waals surface area contributed by atoms with Crippen LogP contribution >= 0.6 is 0 Å². The van der Waals surface area contributed by atoms with Gasteiger partial charge in [-0.1, -0.05) is 0 Å². The molecule has 0 aliphatic carbocycles. The molecule has 112 valence electrons. The molecule has 0 fully saturated rings. The van der Waals surface area contributed by atoms with E-state index in [1.54, 1.807) is 11.5 Å². The van der Waals surface area contributed by atoms with E-state index in [-0.39, 0.29) is 0 Å². The highest BCUT2D eigenvalue weighted by molar-refractivity contribution is 5.79. The molecule has 0 unspecified atom stereocenters. The van der Waals surface area contributed by atoms with Crippen LogP contribution in [-0.4, -0.2) is 16.5 Å².